The Morgan fingerprint density at radius 2 is 2.15 bits per heavy atom. The quantitative estimate of drug-likeness (QED) is 0.784. The summed E-state index contributed by atoms with van der Waals surface area (Å²) in [5, 5.41) is 2.75. The average Bonchev–Trinajstić information content (AvgIpc) is 3.12. The van der Waals surface area contributed by atoms with Gasteiger partial charge in [-0.15, -0.1) is 12.4 Å². The third-order valence-corrected chi connectivity index (χ3v) is 5.76. The Morgan fingerprint density at radius 1 is 1.38 bits per heavy atom. The van der Waals surface area contributed by atoms with Crippen molar-refractivity contribution in [3.63, 3.8) is 0 Å². The van der Waals surface area contributed by atoms with E-state index in [0.29, 0.717) is 18.7 Å². The molecule has 1 fully saturated rings. The van der Waals surface area contributed by atoms with Crippen LogP contribution >= 0.6 is 12.4 Å². The number of sulfonamides is 1. The number of nitrogens with one attached hydrogen (secondary N) is 1. The molecule has 7 nitrogen and oxygen atoms in total. The predicted octanol–water partition coefficient (Wildman–Crippen LogP) is 1.96. The number of furan rings is 1. The van der Waals surface area contributed by atoms with E-state index in [1.165, 1.54) is 29.6 Å². The van der Waals surface area contributed by atoms with Gasteiger partial charge in [0.2, 0.25) is 5.09 Å². The van der Waals surface area contributed by atoms with Crippen molar-refractivity contribution < 1.29 is 26.8 Å². The fraction of sp³-hybridized carbons (Fsp3) is 0.312. The molecule has 0 bridgehead atoms. The lowest BCUT2D eigenvalue weighted by Gasteiger charge is -2.34. The second-order valence-corrected chi connectivity index (χ2v) is 7.36. The highest BCUT2D eigenvalue weighted by atomic mass is 35.5. The van der Waals surface area contributed by atoms with Gasteiger partial charge < -0.3 is 14.5 Å². The van der Waals surface area contributed by atoms with Crippen molar-refractivity contribution in [1.29, 1.82) is 0 Å². The molecule has 0 saturated carbocycles. The van der Waals surface area contributed by atoms with Gasteiger partial charge in [0.25, 0.3) is 10.0 Å². The third kappa shape index (κ3) is 3.90. The van der Waals surface area contributed by atoms with Gasteiger partial charge in [0.05, 0.1) is 18.7 Å². The Labute approximate surface area is 156 Å². The summed E-state index contributed by atoms with van der Waals surface area (Å²) in [7, 11) is -2.80. The largest absolute Gasteiger partial charge is 0.465 e. The van der Waals surface area contributed by atoms with E-state index >= 15 is 0 Å². The second kappa shape index (κ2) is 8.17. The summed E-state index contributed by atoms with van der Waals surface area (Å²) in [5.74, 6) is -1.13. The van der Waals surface area contributed by atoms with Crippen molar-refractivity contribution >= 4 is 28.4 Å². The van der Waals surface area contributed by atoms with Crippen molar-refractivity contribution in [1.82, 2.24) is 9.62 Å². The van der Waals surface area contributed by atoms with E-state index in [-0.39, 0.29) is 29.6 Å². The van der Waals surface area contributed by atoms with Gasteiger partial charge in [-0.25, -0.2) is 17.6 Å². The first-order chi connectivity index (χ1) is 11.9. The Morgan fingerprint density at radius 3 is 2.85 bits per heavy atom. The highest BCUT2D eigenvalue weighted by Gasteiger charge is 2.36. The first-order valence-corrected chi connectivity index (χ1v) is 9.02. The monoisotopic (exact) mass is 404 g/mol. The maximum absolute atomic E-state index is 13.5. The first-order valence-electron chi connectivity index (χ1n) is 7.58. The molecule has 1 N–H and O–H groups in total. The molecule has 1 aromatic heterocycles. The number of esters is 1. The van der Waals surface area contributed by atoms with Gasteiger partial charge in [-0.3, -0.25) is 0 Å². The molecule has 0 spiro atoms. The van der Waals surface area contributed by atoms with Gasteiger partial charge in [0.1, 0.15) is 12.1 Å². The molecule has 1 aromatic carbocycles. The van der Waals surface area contributed by atoms with Crippen LogP contribution in [-0.2, 0) is 14.8 Å². The molecule has 3 rings (SSSR count). The number of carbonyl (C=O) groups is 1. The SMILES string of the molecule is COC(=O)c1coc(S(=O)(=O)N2CCNCC2c2cccc(F)c2)c1.Cl. The van der Waals surface area contributed by atoms with Crippen LogP contribution < -0.4 is 5.32 Å². The summed E-state index contributed by atoms with van der Waals surface area (Å²) in [4.78, 5) is 11.5. The number of carbonyl (C=O) groups excluding carboxylic acids is 1. The minimum Gasteiger partial charge on any atom is -0.465 e. The zero-order chi connectivity index (χ0) is 18.0. The number of nitrogens with zero attached hydrogens (tertiary/aromatic N) is 1. The molecule has 0 amide bonds. The lowest BCUT2D eigenvalue weighted by Crippen LogP contribution is -2.48. The number of methoxy groups -OCH3 is 1. The molecule has 1 aliphatic rings. The fourth-order valence-corrected chi connectivity index (χ4v) is 4.30. The van der Waals surface area contributed by atoms with E-state index in [1.807, 2.05) is 0 Å². The number of hydrogen-bond donors (Lipinski definition) is 1. The molecule has 1 unspecified atom stereocenters. The summed E-state index contributed by atoms with van der Waals surface area (Å²) in [5.41, 5.74) is 0.550. The minimum atomic E-state index is -4.00. The molecule has 0 aliphatic carbocycles. The van der Waals surface area contributed by atoms with Crippen molar-refractivity contribution in [2.24, 2.45) is 0 Å². The zero-order valence-corrected chi connectivity index (χ0v) is 15.5. The number of benzene rings is 1. The number of piperazine rings is 1. The van der Waals surface area contributed by atoms with E-state index in [0.717, 1.165) is 12.3 Å². The second-order valence-electron chi connectivity index (χ2n) is 5.54. The van der Waals surface area contributed by atoms with E-state index in [2.05, 4.69) is 10.1 Å². The average molecular weight is 405 g/mol. The standard InChI is InChI=1S/C16H17FN2O5S.ClH/c1-23-16(20)12-8-15(24-10-12)25(21,22)19-6-5-18-9-14(19)11-3-2-4-13(17)7-11;/h2-4,7-8,10,14,18H,5-6,9H2,1H3;1H. The van der Waals surface area contributed by atoms with Crippen molar-refractivity contribution in [2.45, 2.75) is 11.1 Å². The van der Waals surface area contributed by atoms with Gasteiger partial charge in [-0.1, -0.05) is 12.1 Å². The van der Waals surface area contributed by atoms with Crippen LogP contribution in [0.3, 0.4) is 0 Å². The Kier molecular flexibility index (Phi) is 6.40. The summed E-state index contributed by atoms with van der Waals surface area (Å²) in [6, 6.07) is 6.36. The fourth-order valence-electron chi connectivity index (χ4n) is 2.76. The molecule has 0 radical (unpaired) electrons. The third-order valence-electron chi connectivity index (χ3n) is 3.99. The lowest BCUT2D eigenvalue weighted by atomic mass is 10.1. The van der Waals surface area contributed by atoms with Crippen LogP contribution in [0, 0.1) is 5.82 Å². The van der Waals surface area contributed by atoms with E-state index in [4.69, 9.17) is 4.42 Å². The Balaban J connectivity index is 0.00000243. The molecule has 26 heavy (non-hydrogen) atoms. The van der Waals surface area contributed by atoms with Crippen LogP contribution in [0.2, 0.25) is 0 Å². The van der Waals surface area contributed by atoms with Gasteiger partial charge in [0.15, 0.2) is 0 Å². The highest BCUT2D eigenvalue weighted by Crippen LogP contribution is 2.30. The molecular formula is C16H18ClFN2O5S. The van der Waals surface area contributed by atoms with Crippen LogP contribution in [0.1, 0.15) is 22.0 Å². The van der Waals surface area contributed by atoms with Gasteiger partial charge in [-0.05, 0) is 17.7 Å². The zero-order valence-electron chi connectivity index (χ0n) is 13.8. The van der Waals surface area contributed by atoms with Crippen LogP contribution in [0.5, 0.6) is 0 Å². The topological polar surface area (TPSA) is 88.8 Å². The molecule has 2 heterocycles. The first kappa shape index (κ1) is 20.4. The summed E-state index contributed by atoms with van der Waals surface area (Å²) in [6.45, 7) is 0.987. The summed E-state index contributed by atoms with van der Waals surface area (Å²) < 4.78 is 50.3. The number of rotatable bonds is 4. The summed E-state index contributed by atoms with van der Waals surface area (Å²) >= 11 is 0. The predicted molar refractivity (Wildman–Crippen MR) is 93.2 cm³/mol. The number of hydrogen-bond acceptors (Lipinski definition) is 6. The molecule has 142 valence electrons. The Hall–Kier alpha value is -1.94. The van der Waals surface area contributed by atoms with Gasteiger partial charge in [0, 0.05) is 25.7 Å². The smallest absolute Gasteiger partial charge is 0.341 e. The van der Waals surface area contributed by atoms with Gasteiger partial charge >= 0.3 is 5.97 Å². The van der Waals surface area contributed by atoms with Crippen molar-refractivity contribution in [3.05, 3.63) is 53.5 Å². The van der Waals surface area contributed by atoms with Crippen molar-refractivity contribution in [3.8, 4) is 0 Å². The van der Waals surface area contributed by atoms with Gasteiger partial charge in [-0.2, -0.15) is 4.31 Å². The molecule has 1 saturated heterocycles. The van der Waals surface area contributed by atoms with E-state index in [9.17, 15) is 17.6 Å². The normalized spacial score (nSPS) is 18.2. The number of halogens is 2. The molecule has 2 aromatic rings. The summed E-state index contributed by atoms with van der Waals surface area (Å²) in [6.07, 6.45) is 1.04. The van der Waals surface area contributed by atoms with Crippen molar-refractivity contribution in [2.75, 3.05) is 26.7 Å². The van der Waals surface area contributed by atoms with Crippen LogP contribution in [-0.4, -0.2) is 45.4 Å². The molecule has 1 atom stereocenters. The highest BCUT2D eigenvalue weighted by molar-refractivity contribution is 7.89. The maximum atomic E-state index is 13.5. The van der Waals surface area contributed by atoms with Crippen LogP contribution in [0.4, 0.5) is 4.39 Å². The maximum Gasteiger partial charge on any atom is 0.341 e. The van der Waals surface area contributed by atoms with Crippen LogP contribution in [0.25, 0.3) is 0 Å². The molecule has 10 heteroatoms. The van der Waals surface area contributed by atoms with Crippen LogP contribution in [0.15, 0.2) is 46.1 Å². The number of ether oxygens (including phenoxy) is 1. The van der Waals surface area contributed by atoms with E-state index in [1.54, 1.807) is 6.07 Å². The molecular weight excluding hydrogens is 387 g/mol. The Bertz CT molecular complexity index is 886. The van der Waals surface area contributed by atoms with E-state index < -0.39 is 27.9 Å². The minimum absolute atomic E-state index is 0. The lowest BCUT2D eigenvalue weighted by molar-refractivity contribution is 0.0600. The molecule has 1 aliphatic heterocycles.